The summed E-state index contributed by atoms with van der Waals surface area (Å²) in [5, 5.41) is 11.4. The molecule has 0 aliphatic rings. The van der Waals surface area contributed by atoms with Gasteiger partial charge in [-0.2, -0.15) is 0 Å². The molecule has 0 N–H and O–H groups in total. The largest absolute Gasteiger partial charge is 0.309 e. The first-order valence-electron chi connectivity index (χ1n) is 15.5. The molecule has 0 atom stereocenters. The van der Waals surface area contributed by atoms with Crippen molar-refractivity contribution in [3.05, 3.63) is 158 Å². The highest BCUT2D eigenvalue weighted by molar-refractivity contribution is 6.28. The van der Waals surface area contributed by atoms with E-state index in [4.69, 9.17) is 4.98 Å². The average Bonchev–Trinajstić information content (AvgIpc) is 3.45. The lowest BCUT2D eigenvalue weighted by Gasteiger charge is -2.18. The molecule has 10 rings (SSSR count). The summed E-state index contributed by atoms with van der Waals surface area (Å²) in [6, 6.07) is 55.2. The second-order valence-corrected chi connectivity index (χ2v) is 12.0. The van der Waals surface area contributed by atoms with E-state index in [1.54, 1.807) is 0 Å². The number of hydrogen-bond acceptors (Lipinski definition) is 1. The standard InChI is InChI=1S/C43H26N2/c1-4-13-39-30(8-1)24-31(26-44-39)38-25-37(35-22-18-28-9-7-10-29-19-23-36(38)43(35)42(28)29)27-16-20-32(21-17-27)45-40-14-5-2-11-33(40)34-12-3-6-15-41(34)45/h1-26H. The number of para-hydroxylation sites is 3. The van der Waals surface area contributed by atoms with Gasteiger partial charge in [0, 0.05) is 33.6 Å². The minimum absolute atomic E-state index is 1.01. The molecule has 0 fully saturated rings. The van der Waals surface area contributed by atoms with Crippen LogP contribution in [0.3, 0.4) is 0 Å². The van der Waals surface area contributed by atoms with E-state index in [1.807, 2.05) is 12.3 Å². The van der Waals surface area contributed by atoms with Crippen molar-refractivity contribution in [3.63, 3.8) is 0 Å². The predicted molar refractivity (Wildman–Crippen MR) is 191 cm³/mol. The summed E-state index contributed by atoms with van der Waals surface area (Å²) in [5.74, 6) is 0. The van der Waals surface area contributed by atoms with Crippen LogP contribution in [-0.2, 0) is 0 Å². The highest BCUT2D eigenvalue weighted by Gasteiger charge is 2.18. The molecule has 0 aliphatic heterocycles. The van der Waals surface area contributed by atoms with Gasteiger partial charge >= 0.3 is 0 Å². The number of aromatic nitrogens is 2. The summed E-state index contributed by atoms with van der Waals surface area (Å²) >= 11 is 0. The molecule has 10 aromatic rings. The molecule has 0 bridgehead atoms. The SMILES string of the molecule is c1ccc2ncc(-c3cc(-c4ccc(-n5c6ccccc6c6ccccc65)cc4)c4ccc5cccc6ccc3c4c56)cc2c1. The molecular weight excluding hydrogens is 544 g/mol. The molecule has 2 heterocycles. The first-order valence-corrected chi connectivity index (χ1v) is 15.5. The Hall–Kier alpha value is -5.99. The smallest absolute Gasteiger partial charge is 0.0702 e. The van der Waals surface area contributed by atoms with Gasteiger partial charge in [-0.1, -0.05) is 109 Å². The minimum Gasteiger partial charge on any atom is -0.309 e. The van der Waals surface area contributed by atoms with Crippen LogP contribution in [0.4, 0.5) is 0 Å². The summed E-state index contributed by atoms with van der Waals surface area (Å²) in [6.07, 6.45) is 2.03. The van der Waals surface area contributed by atoms with Crippen molar-refractivity contribution in [1.82, 2.24) is 9.55 Å². The van der Waals surface area contributed by atoms with Gasteiger partial charge < -0.3 is 4.57 Å². The Kier molecular flexibility index (Phi) is 5.03. The highest BCUT2D eigenvalue weighted by Crippen LogP contribution is 2.44. The summed E-state index contributed by atoms with van der Waals surface area (Å²) in [5.41, 5.74) is 9.40. The van der Waals surface area contributed by atoms with Gasteiger partial charge in [0.05, 0.1) is 16.6 Å². The minimum atomic E-state index is 1.01. The molecule has 2 aromatic heterocycles. The van der Waals surface area contributed by atoms with Crippen LogP contribution in [0.2, 0.25) is 0 Å². The van der Waals surface area contributed by atoms with E-state index >= 15 is 0 Å². The van der Waals surface area contributed by atoms with E-state index in [9.17, 15) is 0 Å². The fraction of sp³-hybridized carbons (Fsp3) is 0. The summed E-state index contributed by atoms with van der Waals surface area (Å²) in [7, 11) is 0. The topological polar surface area (TPSA) is 17.8 Å². The lowest BCUT2D eigenvalue weighted by molar-refractivity contribution is 1.18. The zero-order valence-corrected chi connectivity index (χ0v) is 24.4. The molecule has 0 radical (unpaired) electrons. The molecule has 2 heteroatoms. The van der Waals surface area contributed by atoms with Crippen molar-refractivity contribution in [2.75, 3.05) is 0 Å². The van der Waals surface area contributed by atoms with Crippen molar-refractivity contribution in [2.24, 2.45) is 0 Å². The Labute approximate surface area is 259 Å². The zero-order valence-electron chi connectivity index (χ0n) is 24.4. The number of nitrogens with zero attached hydrogens (tertiary/aromatic N) is 2. The Morgan fingerprint density at radius 2 is 1.00 bits per heavy atom. The molecule has 0 spiro atoms. The first kappa shape index (κ1) is 24.5. The molecule has 0 saturated carbocycles. The maximum atomic E-state index is 4.86. The van der Waals surface area contributed by atoms with Crippen molar-refractivity contribution < 1.29 is 0 Å². The lowest BCUT2D eigenvalue weighted by atomic mass is 9.85. The second kappa shape index (κ2) is 9.25. The molecule has 0 amide bonds. The molecule has 208 valence electrons. The first-order chi connectivity index (χ1) is 22.3. The fourth-order valence-electron chi connectivity index (χ4n) is 7.52. The Balaban J connectivity index is 1.23. The predicted octanol–water partition coefficient (Wildman–Crippen LogP) is 11.6. The van der Waals surface area contributed by atoms with Crippen LogP contribution in [0.1, 0.15) is 0 Å². The van der Waals surface area contributed by atoms with Gasteiger partial charge in [-0.15, -0.1) is 0 Å². The van der Waals surface area contributed by atoms with Crippen molar-refractivity contribution in [3.8, 4) is 27.9 Å². The number of fused-ring (bicyclic) bond motifs is 4. The number of hydrogen-bond donors (Lipinski definition) is 0. The summed E-state index contributed by atoms with van der Waals surface area (Å²) < 4.78 is 2.38. The van der Waals surface area contributed by atoms with Crippen molar-refractivity contribution in [1.29, 1.82) is 0 Å². The fourth-order valence-corrected chi connectivity index (χ4v) is 7.52. The third-order valence-corrected chi connectivity index (χ3v) is 9.56. The van der Waals surface area contributed by atoms with Gasteiger partial charge in [0.25, 0.3) is 0 Å². The summed E-state index contributed by atoms with van der Waals surface area (Å²) in [4.78, 5) is 4.86. The Morgan fingerprint density at radius 1 is 0.400 bits per heavy atom. The molecule has 45 heavy (non-hydrogen) atoms. The molecule has 0 unspecified atom stereocenters. The van der Waals surface area contributed by atoms with Crippen LogP contribution in [-0.4, -0.2) is 9.55 Å². The van der Waals surface area contributed by atoms with Crippen LogP contribution in [0.5, 0.6) is 0 Å². The van der Waals surface area contributed by atoms with Crippen LogP contribution in [0, 0.1) is 0 Å². The van der Waals surface area contributed by atoms with Gasteiger partial charge in [0.2, 0.25) is 0 Å². The van der Waals surface area contributed by atoms with Crippen molar-refractivity contribution in [2.45, 2.75) is 0 Å². The number of rotatable bonds is 3. The van der Waals surface area contributed by atoms with E-state index < -0.39 is 0 Å². The second-order valence-electron chi connectivity index (χ2n) is 12.0. The van der Waals surface area contributed by atoms with E-state index in [0.717, 1.165) is 22.2 Å². The maximum absolute atomic E-state index is 4.86. The van der Waals surface area contributed by atoms with E-state index in [1.165, 1.54) is 70.8 Å². The van der Waals surface area contributed by atoms with Gasteiger partial charge in [0.15, 0.2) is 0 Å². The highest BCUT2D eigenvalue weighted by atomic mass is 15.0. The number of benzene rings is 8. The van der Waals surface area contributed by atoms with Crippen LogP contribution in [0.15, 0.2) is 158 Å². The van der Waals surface area contributed by atoms with Gasteiger partial charge in [-0.3, -0.25) is 4.98 Å². The van der Waals surface area contributed by atoms with Crippen molar-refractivity contribution >= 4 is 65.0 Å². The monoisotopic (exact) mass is 570 g/mol. The molecular formula is C43H26N2. The quantitative estimate of drug-likeness (QED) is 0.193. The lowest BCUT2D eigenvalue weighted by Crippen LogP contribution is -1.94. The van der Waals surface area contributed by atoms with Gasteiger partial charge in [-0.05, 0) is 91.5 Å². The third-order valence-electron chi connectivity index (χ3n) is 9.56. The maximum Gasteiger partial charge on any atom is 0.0702 e. The number of pyridine rings is 1. The molecule has 2 nitrogen and oxygen atoms in total. The Bertz CT molecular complexity index is 2680. The summed E-state index contributed by atoms with van der Waals surface area (Å²) in [6.45, 7) is 0. The van der Waals surface area contributed by atoms with E-state index in [-0.39, 0.29) is 0 Å². The van der Waals surface area contributed by atoms with Crippen LogP contribution >= 0.6 is 0 Å². The van der Waals surface area contributed by atoms with E-state index in [2.05, 4.69) is 150 Å². The van der Waals surface area contributed by atoms with Gasteiger partial charge in [-0.25, -0.2) is 0 Å². The van der Waals surface area contributed by atoms with E-state index in [0.29, 0.717) is 0 Å². The van der Waals surface area contributed by atoms with Gasteiger partial charge in [0.1, 0.15) is 0 Å². The molecule has 0 saturated heterocycles. The normalized spacial score (nSPS) is 12.0. The molecule has 8 aromatic carbocycles. The average molecular weight is 571 g/mol. The molecule has 0 aliphatic carbocycles. The van der Waals surface area contributed by atoms with Crippen LogP contribution < -0.4 is 0 Å². The Morgan fingerprint density at radius 3 is 1.71 bits per heavy atom. The zero-order chi connectivity index (χ0) is 29.5. The third kappa shape index (κ3) is 3.54. The van der Waals surface area contributed by atoms with Crippen LogP contribution in [0.25, 0.3) is 93.0 Å².